The number of thioether (sulfide) groups is 1. The highest BCUT2D eigenvalue weighted by Crippen LogP contribution is 2.12. The molecule has 0 saturated heterocycles. The molecule has 0 spiro atoms. The van der Waals surface area contributed by atoms with E-state index in [4.69, 9.17) is 0 Å². The molecule has 1 unspecified atom stereocenters. The van der Waals surface area contributed by atoms with Crippen molar-refractivity contribution >= 4 is 23.5 Å². The predicted molar refractivity (Wildman–Crippen MR) is 92.3 cm³/mol. The van der Waals surface area contributed by atoms with Crippen LogP contribution in [-0.4, -0.2) is 35.5 Å². The second kappa shape index (κ2) is 9.66. The molecule has 1 aromatic rings. The largest absolute Gasteiger partial charge is 0.373 e. The summed E-state index contributed by atoms with van der Waals surface area (Å²) in [5, 5.41) is 6.09. The summed E-state index contributed by atoms with van der Waals surface area (Å²) in [4.78, 5) is 16.8. The van der Waals surface area contributed by atoms with Crippen molar-refractivity contribution in [1.29, 1.82) is 0 Å². The minimum absolute atomic E-state index is 0.0137. The molecule has 21 heavy (non-hydrogen) atoms. The normalized spacial score (nSPS) is 12.0. The van der Waals surface area contributed by atoms with E-state index in [1.54, 1.807) is 0 Å². The summed E-state index contributed by atoms with van der Waals surface area (Å²) in [6, 6.07) is 3.90. The Kier molecular flexibility index (Phi) is 8.20. The number of aromatic nitrogens is 1. The van der Waals surface area contributed by atoms with Crippen LogP contribution in [0.1, 0.15) is 49.7 Å². The van der Waals surface area contributed by atoms with E-state index in [2.05, 4.69) is 36.4 Å². The minimum Gasteiger partial charge on any atom is -0.373 e. The monoisotopic (exact) mass is 309 g/mol. The SMILES string of the molecule is CCCc1cc(C(=O)NC(C)CCSCC)cc(NC)n1. The van der Waals surface area contributed by atoms with Crippen LogP contribution < -0.4 is 10.6 Å². The van der Waals surface area contributed by atoms with E-state index >= 15 is 0 Å². The van der Waals surface area contributed by atoms with Gasteiger partial charge in [-0.15, -0.1) is 0 Å². The summed E-state index contributed by atoms with van der Waals surface area (Å²) in [7, 11) is 1.82. The second-order valence-corrected chi connectivity index (χ2v) is 6.49. The van der Waals surface area contributed by atoms with Crippen molar-refractivity contribution < 1.29 is 4.79 Å². The van der Waals surface area contributed by atoms with Crippen molar-refractivity contribution in [3.05, 3.63) is 23.4 Å². The van der Waals surface area contributed by atoms with Gasteiger partial charge < -0.3 is 10.6 Å². The molecule has 1 aromatic heterocycles. The lowest BCUT2D eigenvalue weighted by Gasteiger charge is -2.14. The molecular weight excluding hydrogens is 282 g/mol. The van der Waals surface area contributed by atoms with Gasteiger partial charge in [-0.25, -0.2) is 4.98 Å². The third-order valence-corrected chi connectivity index (χ3v) is 4.11. The summed E-state index contributed by atoms with van der Waals surface area (Å²) < 4.78 is 0. The van der Waals surface area contributed by atoms with Gasteiger partial charge in [0, 0.05) is 24.3 Å². The lowest BCUT2D eigenvalue weighted by molar-refractivity contribution is 0.0939. The summed E-state index contributed by atoms with van der Waals surface area (Å²) in [5.74, 6) is 2.94. The topological polar surface area (TPSA) is 54.0 Å². The Balaban J connectivity index is 2.69. The average Bonchev–Trinajstić information content (AvgIpc) is 2.47. The molecule has 0 aromatic carbocycles. The van der Waals surface area contributed by atoms with Crippen molar-refractivity contribution in [2.24, 2.45) is 0 Å². The van der Waals surface area contributed by atoms with Crippen molar-refractivity contribution in [3.8, 4) is 0 Å². The van der Waals surface area contributed by atoms with Gasteiger partial charge in [-0.05, 0) is 43.4 Å². The zero-order chi connectivity index (χ0) is 15.7. The quantitative estimate of drug-likeness (QED) is 0.687. The Morgan fingerprint density at radius 3 is 2.76 bits per heavy atom. The van der Waals surface area contributed by atoms with Gasteiger partial charge in [0.05, 0.1) is 0 Å². The molecule has 0 radical (unpaired) electrons. The Hall–Kier alpha value is -1.23. The van der Waals surface area contributed by atoms with E-state index in [9.17, 15) is 4.79 Å². The van der Waals surface area contributed by atoms with E-state index in [0.29, 0.717) is 5.56 Å². The fraction of sp³-hybridized carbons (Fsp3) is 0.625. The number of carbonyl (C=O) groups is 1. The summed E-state index contributed by atoms with van der Waals surface area (Å²) in [6.07, 6.45) is 2.90. The first kappa shape index (κ1) is 17.8. The third-order valence-electron chi connectivity index (χ3n) is 3.18. The maximum absolute atomic E-state index is 12.3. The smallest absolute Gasteiger partial charge is 0.251 e. The highest BCUT2D eigenvalue weighted by atomic mass is 32.2. The first-order valence-corrected chi connectivity index (χ1v) is 8.83. The van der Waals surface area contributed by atoms with Gasteiger partial charge in [-0.2, -0.15) is 11.8 Å². The number of nitrogens with zero attached hydrogens (tertiary/aromatic N) is 1. The molecule has 5 heteroatoms. The van der Waals surface area contributed by atoms with Gasteiger partial charge >= 0.3 is 0 Å². The first-order chi connectivity index (χ1) is 10.1. The third kappa shape index (κ3) is 6.38. The van der Waals surface area contributed by atoms with E-state index < -0.39 is 0 Å². The Labute approximate surface area is 132 Å². The van der Waals surface area contributed by atoms with Gasteiger partial charge in [0.15, 0.2) is 0 Å². The number of hydrogen-bond acceptors (Lipinski definition) is 4. The zero-order valence-electron chi connectivity index (χ0n) is 13.5. The first-order valence-electron chi connectivity index (χ1n) is 7.68. The number of anilines is 1. The Bertz CT molecular complexity index is 451. The molecule has 4 nitrogen and oxygen atoms in total. The standard InChI is InChI=1S/C16H27N3OS/c1-5-7-14-10-13(11-15(17-4)19-14)16(20)18-12(3)8-9-21-6-2/h10-12H,5-9H2,1-4H3,(H,17,19)(H,18,20). The fourth-order valence-corrected chi connectivity index (χ4v) is 2.82. The molecule has 0 bridgehead atoms. The summed E-state index contributed by atoms with van der Waals surface area (Å²) >= 11 is 1.90. The van der Waals surface area contributed by atoms with E-state index in [0.717, 1.165) is 42.3 Å². The van der Waals surface area contributed by atoms with Crippen LogP contribution in [0.25, 0.3) is 0 Å². The van der Waals surface area contributed by atoms with Crippen LogP contribution in [0.15, 0.2) is 12.1 Å². The summed E-state index contributed by atoms with van der Waals surface area (Å²) in [6.45, 7) is 6.32. The highest BCUT2D eigenvalue weighted by molar-refractivity contribution is 7.99. The number of pyridine rings is 1. The minimum atomic E-state index is -0.0137. The van der Waals surface area contributed by atoms with Crippen LogP contribution >= 0.6 is 11.8 Å². The van der Waals surface area contributed by atoms with Crippen LogP contribution in [-0.2, 0) is 6.42 Å². The molecule has 2 N–H and O–H groups in total. The van der Waals surface area contributed by atoms with Crippen molar-refractivity contribution in [2.75, 3.05) is 23.9 Å². The molecule has 0 aliphatic heterocycles. The lowest BCUT2D eigenvalue weighted by atomic mass is 10.1. The number of amides is 1. The predicted octanol–water partition coefficient (Wildman–Crippen LogP) is 3.34. The molecule has 0 aliphatic rings. The lowest BCUT2D eigenvalue weighted by Crippen LogP contribution is -2.33. The molecular formula is C16H27N3OS. The van der Waals surface area contributed by atoms with E-state index in [-0.39, 0.29) is 11.9 Å². The van der Waals surface area contributed by atoms with Crippen LogP contribution in [0, 0.1) is 0 Å². The molecule has 1 heterocycles. The average molecular weight is 309 g/mol. The van der Waals surface area contributed by atoms with Gasteiger partial charge in [-0.1, -0.05) is 20.3 Å². The number of hydrogen-bond donors (Lipinski definition) is 2. The molecule has 1 atom stereocenters. The molecule has 0 aliphatic carbocycles. The Morgan fingerprint density at radius 2 is 2.14 bits per heavy atom. The number of aryl methyl sites for hydroxylation is 1. The molecule has 1 rings (SSSR count). The molecule has 0 saturated carbocycles. The van der Waals surface area contributed by atoms with Crippen LogP contribution in [0.2, 0.25) is 0 Å². The number of nitrogens with one attached hydrogen (secondary N) is 2. The van der Waals surface area contributed by atoms with Crippen LogP contribution in [0.5, 0.6) is 0 Å². The van der Waals surface area contributed by atoms with Crippen molar-refractivity contribution in [2.45, 2.75) is 46.1 Å². The van der Waals surface area contributed by atoms with Crippen LogP contribution in [0.4, 0.5) is 5.82 Å². The molecule has 118 valence electrons. The molecule has 1 amide bonds. The van der Waals surface area contributed by atoms with Gasteiger partial charge in [0.2, 0.25) is 0 Å². The maximum atomic E-state index is 12.3. The number of carbonyl (C=O) groups excluding carboxylic acids is 1. The van der Waals surface area contributed by atoms with Crippen LogP contribution in [0.3, 0.4) is 0 Å². The zero-order valence-corrected chi connectivity index (χ0v) is 14.3. The highest BCUT2D eigenvalue weighted by Gasteiger charge is 2.12. The number of rotatable bonds is 9. The van der Waals surface area contributed by atoms with E-state index in [1.807, 2.05) is 30.9 Å². The van der Waals surface area contributed by atoms with Crippen molar-refractivity contribution in [3.63, 3.8) is 0 Å². The van der Waals surface area contributed by atoms with Crippen molar-refractivity contribution in [1.82, 2.24) is 10.3 Å². The van der Waals surface area contributed by atoms with Gasteiger partial charge in [0.25, 0.3) is 5.91 Å². The van der Waals surface area contributed by atoms with Gasteiger partial charge in [-0.3, -0.25) is 4.79 Å². The fourth-order valence-electron chi connectivity index (χ4n) is 2.01. The molecule has 0 fully saturated rings. The van der Waals surface area contributed by atoms with Gasteiger partial charge in [0.1, 0.15) is 5.82 Å². The van der Waals surface area contributed by atoms with E-state index in [1.165, 1.54) is 0 Å². The summed E-state index contributed by atoms with van der Waals surface area (Å²) in [5.41, 5.74) is 1.65. The second-order valence-electron chi connectivity index (χ2n) is 5.09. The maximum Gasteiger partial charge on any atom is 0.251 e. The Morgan fingerprint density at radius 1 is 1.38 bits per heavy atom.